The summed E-state index contributed by atoms with van der Waals surface area (Å²) in [6, 6.07) is 4.44. The number of hydrogen-bond donors (Lipinski definition) is 1. The molecule has 1 N–H and O–H groups in total. The van der Waals surface area contributed by atoms with Crippen LogP contribution in [0, 0.1) is 0 Å². The van der Waals surface area contributed by atoms with E-state index in [2.05, 4.69) is 15.3 Å². The zero-order chi connectivity index (χ0) is 15.9. The molecule has 23 heavy (non-hydrogen) atoms. The lowest BCUT2D eigenvalue weighted by Crippen LogP contribution is -2.37. The van der Waals surface area contributed by atoms with Gasteiger partial charge in [0.05, 0.1) is 17.1 Å². The molecule has 5 heteroatoms. The van der Waals surface area contributed by atoms with E-state index in [4.69, 9.17) is 0 Å². The minimum absolute atomic E-state index is 0.114. The molecule has 1 aliphatic rings. The van der Waals surface area contributed by atoms with Gasteiger partial charge in [0.15, 0.2) is 0 Å². The Hall–Kier alpha value is -1.75. The Morgan fingerprint density at radius 3 is 2.74 bits per heavy atom. The van der Waals surface area contributed by atoms with Gasteiger partial charge in [0.2, 0.25) is 5.91 Å². The molecule has 1 fully saturated rings. The summed E-state index contributed by atoms with van der Waals surface area (Å²) in [6.45, 7) is 0. The number of pyridine rings is 1. The summed E-state index contributed by atoms with van der Waals surface area (Å²) >= 11 is 1.65. The van der Waals surface area contributed by atoms with Gasteiger partial charge in [-0.15, -0.1) is 11.3 Å². The smallest absolute Gasteiger partial charge is 0.226 e. The van der Waals surface area contributed by atoms with Crippen LogP contribution in [-0.4, -0.2) is 21.9 Å². The first-order valence-electron chi connectivity index (χ1n) is 8.41. The molecule has 0 bridgehead atoms. The van der Waals surface area contributed by atoms with Gasteiger partial charge < -0.3 is 5.32 Å². The molecule has 0 atom stereocenters. The van der Waals surface area contributed by atoms with E-state index in [-0.39, 0.29) is 5.91 Å². The number of hydrogen-bond acceptors (Lipinski definition) is 4. The van der Waals surface area contributed by atoms with Gasteiger partial charge in [0.25, 0.3) is 0 Å². The molecule has 1 amide bonds. The molecule has 0 aromatic carbocycles. The maximum atomic E-state index is 12.1. The van der Waals surface area contributed by atoms with Crippen LogP contribution >= 0.6 is 11.3 Å². The number of carbonyl (C=O) groups excluding carboxylic acids is 1. The van der Waals surface area contributed by atoms with Crippen molar-refractivity contribution in [1.82, 2.24) is 15.3 Å². The van der Waals surface area contributed by atoms with E-state index in [9.17, 15) is 4.79 Å². The van der Waals surface area contributed by atoms with Crippen molar-refractivity contribution in [1.29, 1.82) is 0 Å². The molecule has 2 heterocycles. The normalized spacial score (nSPS) is 15.5. The van der Waals surface area contributed by atoms with Gasteiger partial charge in [-0.2, -0.15) is 0 Å². The van der Waals surface area contributed by atoms with Crippen LogP contribution in [0.2, 0.25) is 0 Å². The van der Waals surface area contributed by atoms with Crippen LogP contribution in [-0.2, 0) is 24.1 Å². The number of thiazole rings is 1. The fourth-order valence-electron chi connectivity index (χ4n) is 3.04. The average Bonchev–Trinajstić information content (AvgIpc) is 3.02. The molecule has 0 radical (unpaired) electrons. The van der Waals surface area contributed by atoms with Crippen molar-refractivity contribution in [3.05, 3.63) is 46.2 Å². The van der Waals surface area contributed by atoms with Crippen molar-refractivity contribution in [3.8, 4) is 0 Å². The van der Waals surface area contributed by atoms with Gasteiger partial charge in [-0.25, -0.2) is 4.98 Å². The summed E-state index contributed by atoms with van der Waals surface area (Å²) in [7, 11) is 0. The maximum Gasteiger partial charge on any atom is 0.226 e. The summed E-state index contributed by atoms with van der Waals surface area (Å²) in [5.41, 5.74) is 2.17. The third-order valence-electron chi connectivity index (χ3n) is 4.29. The maximum absolute atomic E-state index is 12.1. The zero-order valence-corrected chi connectivity index (χ0v) is 14.1. The van der Waals surface area contributed by atoms with Crippen LogP contribution in [0.4, 0.5) is 0 Å². The molecular weight excluding hydrogens is 306 g/mol. The highest BCUT2D eigenvalue weighted by Gasteiger charge is 2.16. The molecule has 0 spiro atoms. The SMILES string of the molecule is O=C(Cc1csc(CCc2ccncc2)n1)NC1CCCCC1. The van der Waals surface area contributed by atoms with Crippen molar-refractivity contribution in [2.45, 2.75) is 57.4 Å². The number of amides is 1. The lowest BCUT2D eigenvalue weighted by Gasteiger charge is -2.22. The molecule has 2 aromatic heterocycles. The summed E-state index contributed by atoms with van der Waals surface area (Å²) in [4.78, 5) is 20.7. The summed E-state index contributed by atoms with van der Waals surface area (Å²) in [6.07, 6.45) is 11.9. The molecular formula is C18H23N3OS. The Labute approximate surface area is 141 Å². The topological polar surface area (TPSA) is 54.9 Å². The highest BCUT2D eigenvalue weighted by atomic mass is 32.1. The number of aryl methyl sites for hydroxylation is 2. The van der Waals surface area contributed by atoms with Crippen molar-refractivity contribution in [3.63, 3.8) is 0 Å². The van der Waals surface area contributed by atoms with Crippen LogP contribution in [0.5, 0.6) is 0 Å². The Morgan fingerprint density at radius 2 is 1.96 bits per heavy atom. The van der Waals surface area contributed by atoms with E-state index >= 15 is 0 Å². The van der Waals surface area contributed by atoms with Crippen molar-refractivity contribution < 1.29 is 4.79 Å². The van der Waals surface area contributed by atoms with E-state index in [1.807, 2.05) is 29.9 Å². The number of aromatic nitrogens is 2. The second-order valence-corrected chi connectivity index (χ2v) is 7.11. The average molecular weight is 329 g/mol. The Bertz CT molecular complexity index is 620. The van der Waals surface area contributed by atoms with Gasteiger partial charge in [-0.05, 0) is 37.0 Å². The second-order valence-electron chi connectivity index (χ2n) is 6.17. The first-order chi connectivity index (χ1) is 11.3. The third kappa shape index (κ3) is 5.13. The van der Waals surface area contributed by atoms with Gasteiger partial charge in [-0.1, -0.05) is 19.3 Å². The lowest BCUT2D eigenvalue weighted by molar-refractivity contribution is -0.121. The first-order valence-corrected chi connectivity index (χ1v) is 9.29. The largest absolute Gasteiger partial charge is 0.353 e. The molecule has 122 valence electrons. The summed E-state index contributed by atoms with van der Waals surface area (Å²) < 4.78 is 0. The Kier molecular flexibility index (Phi) is 5.75. The molecule has 4 nitrogen and oxygen atoms in total. The van der Waals surface area contributed by atoms with E-state index in [0.29, 0.717) is 12.5 Å². The van der Waals surface area contributed by atoms with Crippen LogP contribution < -0.4 is 5.32 Å². The number of carbonyl (C=O) groups is 1. The Balaban J connectivity index is 1.45. The predicted octanol–water partition coefficient (Wildman–Crippen LogP) is 3.31. The first kappa shape index (κ1) is 16.1. The molecule has 1 aliphatic carbocycles. The van der Waals surface area contributed by atoms with Gasteiger partial charge in [0, 0.05) is 30.2 Å². The number of rotatable bonds is 6. The van der Waals surface area contributed by atoms with Crippen LogP contribution in [0.3, 0.4) is 0 Å². The second kappa shape index (κ2) is 8.20. The van der Waals surface area contributed by atoms with Crippen molar-refractivity contribution >= 4 is 17.2 Å². The van der Waals surface area contributed by atoms with E-state index < -0.39 is 0 Å². The summed E-state index contributed by atoms with van der Waals surface area (Å²) in [5, 5.41) is 6.27. The number of nitrogens with one attached hydrogen (secondary N) is 1. The van der Waals surface area contributed by atoms with E-state index in [0.717, 1.165) is 36.4 Å². The fourth-order valence-corrected chi connectivity index (χ4v) is 3.83. The molecule has 0 saturated heterocycles. The van der Waals surface area contributed by atoms with Crippen LogP contribution in [0.1, 0.15) is 48.4 Å². The Morgan fingerprint density at radius 1 is 1.17 bits per heavy atom. The third-order valence-corrected chi connectivity index (χ3v) is 5.25. The standard InChI is InChI=1S/C18H23N3OS/c22-17(20-15-4-2-1-3-5-15)12-16-13-23-18(21-16)7-6-14-8-10-19-11-9-14/h8-11,13,15H,1-7,12H2,(H,20,22). The van der Waals surface area contributed by atoms with Crippen LogP contribution in [0.25, 0.3) is 0 Å². The van der Waals surface area contributed by atoms with E-state index in [1.165, 1.54) is 24.8 Å². The predicted molar refractivity (Wildman–Crippen MR) is 92.5 cm³/mol. The molecule has 2 aromatic rings. The summed E-state index contributed by atoms with van der Waals surface area (Å²) in [5.74, 6) is 0.114. The lowest BCUT2D eigenvalue weighted by atomic mass is 9.95. The quantitative estimate of drug-likeness (QED) is 0.884. The van der Waals surface area contributed by atoms with E-state index in [1.54, 1.807) is 11.3 Å². The van der Waals surface area contributed by atoms with Crippen molar-refractivity contribution in [2.75, 3.05) is 0 Å². The van der Waals surface area contributed by atoms with Gasteiger partial charge in [0.1, 0.15) is 0 Å². The minimum atomic E-state index is 0.114. The van der Waals surface area contributed by atoms with Gasteiger partial charge >= 0.3 is 0 Å². The van der Waals surface area contributed by atoms with Gasteiger partial charge in [-0.3, -0.25) is 9.78 Å². The molecule has 0 aliphatic heterocycles. The minimum Gasteiger partial charge on any atom is -0.353 e. The highest BCUT2D eigenvalue weighted by molar-refractivity contribution is 7.09. The van der Waals surface area contributed by atoms with Crippen LogP contribution in [0.15, 0.2) is 29.9 Å². The number of nitrogens with zero attached hydrogens (tertiary/aromatic N) is 2. The fraction of sp³-hybridized carbons (Fsp3) is 0.500. The zero-order valence-electron chi connectivity index (χ0n) is 13.3. The van der Waals surface area contributed by atoms with Crippen molar-refractivity contribution in [2.24, 2.45) is 0 Å². The molecule has 1 saturated carbocycles. The monoisotopic (exact) mass is 329 g/mol. The highest BCUT2D eigenvalue weighted by Crippen LogP contribution is 2.18. The molecule has 0 unspecified atom stereocenters. The molecule has 3 rings (SSSR count).